The molecule has 0 saturated carbocycles. The number of benzene rings is 2. The second-order valence-electron chi connectivity index (χ2n) is 5.64. The van der Waals surface area contributed by atoms with Crippen LogP contribution in [0.5, 0.6) is 11.5 Å². The highest BCUT2D eigenvalue weighted by molar-refractivity contribution is 5.83. The Bertz CT molecular complexity index is 684. The molecule has 0 unspecified atom stereocenters. The van der Waals surface area contributed by atoms with Gasteiger partial charge in [0.05, 0.1) is 13.2 Å². The fourth-order valence-corrected chi connectivity index (χ4v) is 3.16. The number of amides is 1. The molecule has 114 valence electrons. The number of hydrogen-bond donors (Lipinski definition) is 2. The predicted molar refractivity (Wildman–Crippen MR) is 83.9 cm³/mol. The third kappa shape index (κ3) is 2.41. The van der Waals surface area contributed by atoms with Gasteiger partial charge in [0, 0.05) is 11.8 Å². The van der Waals surface area contributed by atoms with Crippen molar-refractivity contribution in [1.29, 1.82) is 0 Å². The lowest BCUT2D eigenvalue weighted by Gasteiger charge is -2.22. The number of carbonyl (C=O) groups is 1. The van der Waals surface area contributed by atoms with E-state index in [1.165, 1.54) is 7.11 Å². The quantitative estimate of drug-likeness (QED) is 0.915. The number of nitrogens with one attached hydrogen (secondary N) is 1. The molecule has 1 heterocycles. The monoisotopic (exact) mass is 297 g/mol. The molecule has 1 fully saturated rings. The Morgan fingerprint density at radius 1 is 1.09 bits per heavy atom. The van der Waals surface area contributed by atoms with Gasteiger partial charge in [-0.1, -0.05) is 43.3 Å². The standard InChI is InChI=1S/C18H19NO3/c1-11-16(13-8-9-14(20)15(10-13)22-2)17(19-18(11)21)12-6-4-3-5-7-12/h3-11,16-17,20H,1-2H3,(H,19,21)/t11-,16+,17+/m0/s1. The molecule has 2 aromatic carbocycles. The van der Waals surface area contributed by atoms with Crippen molar-refractivity contribution < 1.29 is 14.6 Å². The Balaban J connectivity index is 2.03. The molecule has 4 heteroatoms. The van der Waals surface area contributed by atoms with Crippen molar-refractivity contribution in [2.24, 2.45) is 5.92 Å². The van der Waals surface area contributed by atoms with Gasteiger partial charge < -0.3 is 15.2 Å². The molecule has 0 radical (unpaired) electrons. The minimum atomic E-state index is -0.139. The van der Waals surface area contributed by atoms with E-state index in [1.54, 1.807) is 6.07 Å². The van der Waals surface area contributed by atoms with Gasteiger partial charge in [-0.3, -0.25) is 4.79 Å². The molecule has 3 atom stereocenters. The summed E-state index contributed by atoms with van der Waals surface area (Å²) in [5.74, 6) is 0.443. The number of methoxy groups -OCH3 is 1. The van der Waals surface area contributed by atoms with E-state index in [2.05, 4.69) is 5.32 Å². The van der Waals surface area contributed by atoms with Crippen molar-refractivity contribution in [2.45, 2.75) is 18.9 Å². The highest BCUT2D eigenvalue weighted by Crippen LogP contribution is 2.43. The van der Waals surface area contributed by atoms with Crippen LogP contribution in [0.3, 0.4) is 0 Å². The molecule has 2 N–H and O–H groups in total. The maximum Gasteiger partial charge on any atom is 0.224 e. The van der Waals surface area contributed by atoms with Crippen LogP contribution in [0.1, 0.15) is 30.0 Å². The van der Waals surface area contributed by atoms with Crippen LogP contribution in [0, 0.1) is 5.92 Å². The predicted octanol–water partition coefficient (Wildman–Crippen LogP) is 2.99. The second kappa shape index (κ2) is 5.72. The summed E-state index contributed by atoms with van der Waals surface area (Å²) >= 11 is 0. The molecule has 0 aliphatic carbocycles. The Labute approximate surface area is 129 Å². The molecule has 2 aromatic rings. The number of ether oxygens (including phenoxy) is 1. The van der Waals surface area contributed by atoms with Crippen LogP contribution in [-0.2, 0) is 4.79 Å². The van der Waals surface area contributed by atoms with Crippen molar-refractivity contribution in [3.05, 3.63) is 59.7 Å². The number of rotatable bonds is 3. The Morgan fingerprint density at radius 2 is 1.82 bits per heavy atom. The number of phenolic OH excluding ortho intramolecular Hbond substituents is 1. The lowest BCUT2D eigenvalue weighted by molar-refractivity contribution is -0.122. The first-order valence-electron chi connectivity index (χ1n) is 7.34. The topological polar surface area (TPSA) is 58.6 Å². The molecule has 1 aliphatic rings. The minimum Gasteiger partial charge on any atom is -0.504 e. The average Bonchev–Trinajstić information content (AvgIpc) is 2.84. The SMILES string of the molecule is COc1cc([C@H]2[C@H](C)C(=O)N[C@@H]2c2ccccc2)ccc1O. The molecule has 0 spiro atoms. The zero-order valence-corrected chi connectivity index (χ0v) is 12.6. The van der Waals surface area contributed by atoms with E-state index < -0.39 is 0 Å². The van der Waals surface area contributed by atoms with E-state index in [4.69, 9.17) is 4.74 Å². The highest BCUT2D eigenvalue weighted by Gasteiger charge is 2.41. The number of aromatic hydroxyl groups is 1. The maximum atomic E-state index is 12.2. The van der Waals surface area contributed by atoms with E-state index in [1.807, 2.05) is 49.4 Å². The van der Waals surface area contributed by atoms with Gasteiger partial charge in [-0.25, -0.2) is 0 Å². The van der Waals surface area contributed by atoms with Gasteiger partial charge in [-0.15, -0.1) is 0 Å². The van der Waals surface area contributed by atoms with Gasteiger partial charge in [0.15, 0.2) is 11.5 Å². The first-order valence-corrected chi connectivity index (χ1v) is 7.34. The van der Waals surface area contributed by atoms with Gasteiger partial charge in [-0.2, -0.15) is 0 Å². The first-order chi connectivity index (χ1) is 10.6. The number of phenols is 1. The van der Waals surface area contributed by atoms with Gasteiger partial charge in [0.2, 0.25) is 5.91 Å². The van der Waals surface area contributed by atoms with Gasteiger partial charge in [0.1, 0.15) is 0 Å². The van der Waals surface area contributed by atoms with Crippen molar-refractivity contribution in [1.82, 2.24) is 5.32 Å². The zero-order valence-electron chi connectivity index (χ0n) is 12.6. The maximum absolute atomic E-state index is 12.2. The van der Waals surface area contributed by atoms with Crippen LogP contribution in [0.25, 0.3) is 0 Å². The molecule has 4 nitrogen and oxygen atoms in total. The van der Waals surface area contributed by atoms with Crippen LogP contribution >= 0.6 is 0 Å². The second-order valence-corrected chi connectivity index (χ2v) is 5.64. The van der Waals surface area contributed by atoms with Gasteiger partial charge in [-0.05, 0) is 23.3 Å². The fraction of sp³-hybridized carbons (Fsp3) is 0.278. The summed E-state index contributed by atoms with van der Waals surface area (Å²) in [6.07, 6.45) is 0. The smallest absolute Gasteiger partial charge is 0.224 e. The van der Waals surface area contributed by atoms with Gasteiger partial charge >= 0.3 is 0 Å². The molecule has 1 amide bonds. The van der Waals surface area contributed by atoms with Gasteiger partial charge in [0.25, 0.3) is 0 Å². The Kier molecular flexibility index (Phi) is 3.75. The Morgan fingerprint density at radius 3 is 2.50 bits per heavy atom. The van der Waals surface area contributed by atoms with Crippen molar-refractivity contribution in [3.8, 4) is 11.5 Å². The molecule has 0 bridgehead atoms. The summed E-state index contributed by atoms with van der Waals surface area (Å²) in [4.78, 5) is 12.2. The lowest BCUT2D eigenvalue weighted by Crippen LogP contribution is -2.20. The van der Waals surface area contributed by atoms with Crippen molar-refractivity contribution in [2.75, 3.05) is 7.11 Å². The molecule has 0 aromatic heterocycles. The summed E-state index contributed by atoms with van der Waals surface area (Å²) in [7, 11) is 1.52. The van der Waals surface area contributed by atoms with E-state index in [0.29, 0.717) is 5.75 Å². The van der Waals surface area contributed by atoms with Crippen molar-refractivity contribution >= 4 is 5.91 Å². The molecular formula is C18H19NO3. The Hall–Kier alpha value is -2.49. The van der Waals surface area contributed by atoms with E-state index in [0.717, 1.165) is 11.1 Å². The summed E-state index contributed by atoms with van der Waals surface area (Å²) < 4.78 is 5.19. The summed E-state index contributed by atoms with van der Waals surface area (Å²) in [5, 5.41) is 12.8. The van der Waals surface area contributed by atoms with E-state index in [9.17, 15) is 9.90 Å². The number of carbonyl (C=O) groups excluding carboxylic acids is 1. The molecule has 1 aliphatic heterocycles. The molecule has 22 heavy (non-hydrogen) atoms. The summed E-state index contributed by atoms with van der Waals surface area (Å²) in [6.45, 7) is 1.93. The average molecular weight is 297 g/mol. The molecular weight excluding hydrogens is 278 g/mol. The molecule has 1 saturated heterocycles. The van der Waals surface area contributed by atoms with Crippen LogP contribution in [-0.4, -0.2) is 18.1 Å². The van der Waals surface area contributed by atoms with E-state index >= 15 is 0 Å². The van der Waals surface area contributed by atoms with Crippen LogP contribution in [0.15, 0.2) is 48.5 Å². The highest BCUT2D eigenvalue weighted by atomic mass is 16.5. The fourth-order valence-electron chi connectivity index (χ4n) is 3.16. The zero-order chi connectivity index (χ0) is 15.7. The largest absolute Gasteiger partial charge is 0.504 e. The minimum absolute atomic E-state index is 0.00407. The van der Waals surface area contributed by atoms with E-state index in [-0.39, 0.29) is 29.5 Å². The van der Waals surface area contributed by atoms with Crippen LogP contribution < -0.4 is 10.1 Å². The van der Waals surface area contributed by atoms with Crippen LogP contribution in [0.2, 0.25) is 0 Å². The van der Waals surface area contributed by atoms with Crippen molar-refractivity contribution in [3.63, 3.8) is 0 Å². The third-order valence-electron chi connectivity index (χ3n) is 4.36. The number of hydrogen-bond acceptors (Lipinski definition) is 3. The summed E-state index contributed by atoms with van der Waals surface area (Å²) in [6, 6.07) is 15.2. The molecule has 3 rings (SSSR count). The normalized spacial score (nSPS) is 24.1. The lowest BCUT2D eigenvalue weighted by atomic mass is 9.82. The third-order valence-corrected chi connectivity index (χ3v) is 4.36. The summed E-state index contributed by atoms with van der Waals surface area (Å²) in [5.41, 5.74) is 2.06. The van der Waals surface area contributed by atoms with Crippen LogP contribution in [0.4, 0.5) is 0 Å². The first kappa shape index (κ1) is 14.4.